The van der Waals surface area contributed by atoms with Crippen molar-refractivity contribution in [1.29, 1.82) is 0 Å². The number of rotatable bonds is 2. The summed E-state index contributed by atoms with van der Waals surface area (Å²) in [6, 6.07) is 5.53. The molecule has 0 unspecified atom stereocenters. The van der Waals surface area contributed by atoms with Gasteiger partial charge >= 0.3 is 6.03 Å². The van der Waals surface area contributed by atoms with Gasteiger partial charge in [-0.15, -0.1) is 0 Å². The summed E-state index contributed by atoms with van der Waals surface area (Å²) in [6.45, 7) is 0.243. The van der Waals surface area contributed by atoms with Crippen LogP contribution in [0.25, 0.3) is 0 Å². The Balaban J connectivity index is 1.67. The average molecular weight is 220 g/mol. The van der Waals surface area contributed by atoms with Crippen LogP contribution in [0.5, 0.6) is 11.5 Å². The maximum absolute atomic E-state index is 11.5. The first-order valence-electron chi connectivity index (χ1n) is 5.28. The molecule has 5 heteroatoms. The van der Waals surface area contributed by atoms with E-state index in [9.17, 15) is 4.79 Å². The number of carbonyl (C=O) groups is 1. The predicted molar refractivity (Wildman–Crippen MR) is 57.7 cm³/mol. The zero-order valence-corrected chi connectivity index (χ0v) is 8.66. The molecule has 16 heavy (non-hydrogen) atoms. The molecule has 1 heterocycles. The second-order valence-electron chi connectivity index (χ2n) is 3.94. The lowest BCUT2D eigenvalue weighted by molar-refractivity contribution is 0.174. The minimum Gasteiger partial charge on any atom is -0.454 e. The molecular formula is C11H12N2O3. The van der Waals surface area contributed by atoms with Gasteiger partial charge in [-0.2, -0.15) is 0 Å². The number of amides is 2. The van der Waals surface area contributed by atoms with Crippen molar-refractivity contribution in [1.82, 2.24) is 5.32 Å². The third-order valence-corrected chi connectivity index (χ3v) is 2.54. The van der Waals surface area contributed by atoms with Crippen LogP contribution in [-0.4, -0.2) is 18.9 Å². The van der Waals surface area contributed by atoms with Crippen LogP contribution in [0.3, 0.4) is 0 Å². The van der Waals surface area contributed by atoms with Gasteiger partial charge in [-0.05, 0) is 25.0 Å². The van der Waals surface area contributed by atoms with Crippen molar-refractivity contribution in [2.24, 2.45) is 0 Å². The molecule has 0 saturated heterocycles. The first kappa shape index (κ1) is 9.33. The van der Waals surface area contributed by atoms with E-state index in [-0.39, 0.29) is 12.8 Å². The highest BCUT2D eigenvalue weighted by molar-refractivity contribution is 5.90. The monoisotopic (exact) mass is 220 g/mol. The molecule has 1 aromatic carbocycles. The van der Waals surface area contributed by atoms with E-state index in [1.807, 2.05) is 0 Å². The quantitative estimate of drug-likeness (QED) is 0.797. The molecule has 1 saturated carbocycles. The van der Waals surface area contributed by atoms with Crippen molar-refractivity contribution in [3.63, 3.8) is 0 Å². The molecular weight excluding hydrogens is 208 g/mol. The summed E-state index contributed by atoms with van der Waals surface area (Å²) in [7, 11) is 0. The summed E-state index contributed by atoms with van der Waals surface area (Å²) in [6.07, 6.45) is 2.16. The van der Waals surface area contributed by atoms with Gasteiger partial charge in [0, 0.05) is 17.8 Å². The molecule has 1 aliphatic carbocycles. The van der Waals surface area contributed by atoms with Gasteiger partial charge in [0.1, 0.15) is 0 Å². The minimum atomic E-state index is -0.165. The number of benzene rings is 1. The number of fused-ring (bicyclic) bond motifs is 1. The summed E-state index contributed by atoms with van der Waals surface area (Å²) in [4.78, 5) is 11.5. The third kappa shape index (κ3) is 1.88. The molecule has 3 rings (SSSR count). The second kappa shape index (κ2) is 3.59. The first-order chi connectivity index (χ1) is 7.81. The summed E-state index contributed by atoms with van der Waals surface area (Å²) in [5.74, 6) is 1.39. The number of carbonyl (C=O) groups excluding carboxylic acids is 1. The Kier molecular flexibility index (Phi) is 2.09. The number of hydrogen-bond donors (Lipinski definition) is 2. The highest BCUT2D eigenvalue weighted by atomic mass is 16.7. The summed E-state index contributed by atoms with van der Waals surface area (Å²) in [5, 5.41) is 5.61. The fraction of sp³-hybridized carbons (Fsp3) is 0.364. The van der Waals surface area contributed by atoms with Gasteiger partial charge in [-0.25, -0.2) is 4.79 Å². The molecule has 5 nitrogen and oxygen atoms in total. The van der Waals surface area contributed by atoms with Crippen LogP contribution >= 0.6 is 0 Å². The molecule has 2 amide bonds. The van der Waals surface area contributed by atoms with E-state index >= 15 is 0 Å². The van der Waals surface area contributed by atoms with Gasteiger partial charge in [-0.1, -0.05) is 0 Å². The third-order valence-electron chi connectivity index (χ3n) is 2.54. The lowest BCUT2D eigenvalue weighted by atomic mass is 10.3. The number of ether oxygens (including phenoxy) is 2. The smallest absolute Gasteiger partial charge is 0.319 e. The van der Waals surface area contributed by atoms with Crippen LogP contribution in [0.2, 0.25) is 0 Å². The van der Waals surface area contributed by atoms with E-state index in [1.54, 1.807) is 18.2 Å². The number of urea groups is 1. The van der Waals surface area contributed by atoms with Crippen LogP contribution < -0.4 is 20.1 Å². The fourth-order valence-corrected chi connectivity index (χ4v) is 1.55. The van der Waals surface area contributed by atoms with Gasteiger partial charge in [0.05, 0.1) is 0 Å². The highest BCUT2D eigenvalue weighted by Crippen LogP contribution is 2.34. The van der Waals surface area contributed by atoms with Crippen LogP contribution in [0.1, 0.15) is 12.8 Å². The van der Waals surface area contributed by atoms with Crippen molar-refractivity contribution in [2.75, 3.05) is 12.1 Å². The largest absolute Gasteiger partial charge is 0.454 e. The van der Waals surface area contributed by atoms with E-state index < -0.39 is 0 Å². The SMILES string of the molecule is O=C(Nc1ccc2c(c1)OCO2)NC1CC1. The average Bonchev–Trinajstić information content (AvgIpc) is 2.95. The van der Waals surface area contributed by atoms with Gasteiger partial charge in [0.15, 0.2) is 11.5 Å². The number of hydrogen-bond acceptors (Lipinski definition) is 3. The van der Waals surface area contributed by atoms with Crippen molar-refractivity contribution in [3.8, 4) is 11.5 Å². The van der Waals surface area contributed by atoms with Gasteiger partial charge in [0.2, 0.25) is 6.79 Å². The van der Waals surface area contributed by atoms with E-state index in [0.717, 1.165) is 12.8 Å². The Morgan fingerprint density at radius 1 is 1.25 bits per heavy atom. The number of nitrogens with one attached hydrogen (secondary N) is 2. The summed E-state index contributed by atoms with van der Waals surface area (Å²) < 4.78 is 10.4. The predicted octanol–water partition coefficient (Wildman–Crippen LogP) is 1.70. The van der Waals surface area contributed by atoms with Crippen molar-refractivity contribution in [3.05, 3.63) is 18.2 Å². The minimum absolute atomic E-state index is 0.165. The Bertz CT molecular complexity index is 429. The number of anilines is 1. The van der Waals surface area contributed by atoms with Crippen LogP contribution in [0.4, 0.5) is 10.5 Å². The molecule has 0 bridgehead atoms. The molecule has 1 aliphatic heterocycles. The van der Waals surface area contributed by atoms with Gasteiger partial charge in [-0.3, -0.25) is 0 Å². The highest BCUT2D eigenvalue weighted by Gasteiger charge is 2.23. The van der Waals surface area contributed by atoms with Crippen LogP contribution in [0.15, 0.2) is 18.2 Å². The normalized spacial score (nSPS) is 17.0. The molecule has 2 N–H and O–H groups in total. The first-order valence-corrected chi connectivity index (χ1v) is 5.28. The zero-order valence-electron chi connectivity index (χ0n) is 8.66. The second-order valence-corrected chi connectivity index (χ2v) is 3.94. The molecule has 0 radical (unpaired) electrons. The topological polar surface area (TPSA) is 59.6 Å². The maximum atomic E-state index is 11.5. The van der Waals surface area contributed by atoms with Crippen molar-refractivity contribution >= 4 is 11.7 Å². The molecule has 84 valence electrons. The lowest BCUT2D eigenvalue weighted by Gasteiger charge is -2.06. The lowest BCUT2D eigenvalue weighted by Crippen LogP contribution is -2.30. The molecule has 0 atom stereocenters. The molecule has 0 spiro atoms. The zero-order chi connectivity index (χ0) is 11.0. The summed E-state index contributed by atoms with van der Waals surface area (Å²) >= 11 is 0. The molecule has 1 fully saturated rings. The van der Waals surface area contributed by atoms with E-state index in [0.29, 0.717) is 23.2 Å². The Labute approximate surface area is 92.7 Å². The molecule has 0 aromatic heterocycles. The van der Waals surface area contributed by atoms with E-state index in [2.05, 4.69) is 10.6 Å². The maximum Gasteiger partial charge on any atom is 0.319 e. The molecule has 2 aliphatic rings. The summed E-state index contributed by atoms with van der Waals surface area (Å²) in [5.41, 5.74) is 0.711. The Morgan fingerprint density at radius 2 is 2.06 bits per heavy atom. The fourth-order valence-electron chi connectivity index (χ4n) is 1.55. The van der Waals surface area contributed by atoms with Crippen LogP contribution in [-0.2, 0) is 0 Å². The standard InChI is InChI=1S/C11H12N2O3/c14-11(12-7-1-2-7)13-8-3-4-9-10(5-8)16-6-15-9/h3-5,7H,1-2,6H2,(H2,12,13,14). The Morgan fingerprint density at radius 3 is 2.88 bits per heavy atom. The Hall–Kier alpha value is -1.91. The van der Waals surface area contributed by atoms with E-state index in [4.69, 9.17) is 9.47 Å². The van der Waals surface area contributed by atoms with Gasteiger partial charge in [0.25, 0.3) is 0 Å². The van der Waals surface area contributed by atoms with E-state index in [1.165, 1.54) is 0 Å². The van der Waals surface area contributed by atoms with Gasteiger partial charge < -0.3 is 20.1 Å². The van der Waals surface area contributed by atoms with Crippen molar-refractivity contribution in [2.45, 2.75) is 18.9 Å². The van der Waals surface area contributed by atoms with Crippen LogP contribution in [0, 0.1) is 0 Å². The van der Waals surface area contributed by atoms with Crippen molar-refractivity contribution < 1.29 is 14.3 Å². The molecule has 1 aromatic rings.